The number of hydrogen-bond acceptors (Lipinski definition) is 4. The van der Waals surface area contributed by atoms with E-state index >= 15 is 0 Å². The molecule has 5 nitrogen and oxygen atoms in total. The molecule has 5 heteroatoms. The summed E-state index contributed by atoms with van der Waals surface area (Å²) in [6, 6.07) is 5.70. The molecule has 2 N–H and O–H groups in total. The minimum atomic E-state index is -0.0253. The highest BCUT2D eigenvalue weighted by molar-refractivity contribution is 5.96. The summed E-state index contributed by atoms with van der Waals surface area (Å²) in [6.45, 7) is 1.73. The van der Waals surface area contributed by atoms with Crippen LogP contribution in [0, 0.1) is 0 Å². The minimum Gasteiger partial charge on any atom is -0.398 e. The molecule has 0 aliphatic carbocycles. The normalized spacial score (nSPS) is 14.3. The number of hydrogen-bond donors (Lipinski definition) is 1. The van der Waals surface area contributed by atoms with Gasteiger partial charge in [0.15, 0.2) is 0 Å². The fourth-order valence-electron chi connectivity index (χ4n) is 2.29. The molecule has 1 heterocycles. The lowest BCUT2D eigenvalue weighted by molar-refractivity contribution is -0.123. The van der Waals surface area contributed by atoms with Gasteiger partial charge in [-0.1, -0.05) is 6.07 Å². The highest BCUT2D eigenvalue weighted by atomic mass is 16.5. The van der Waals surface area contributed by atoms with Crippen LogP contribution in [0.2, 0.25) is 0 Å². The third-order valence-electron chi connectivity index (χ3n) is 3.25. The molecule has 104 valence electrons. The maximum Gasteiger partial charge on any atom is 0.252 e. The zero-order chi connectivity index (χ0) is 13.7. The zero-order valence-corrected chi connectivity index (χ0v) is 11.2. The first kappa shape index (κ1) is 13.8. The molecule has 0 saturated carbocycles. The van der Waals surface area contributed by atoms with Crippen molar-refractivity contribution in [3.05, 3.63) is 23.8 Å². The van der Waals surface area contributed by atoms with Crippen molar-refractivity contribution in [1.29, 1.82) is 0 Å². The van der Waals surface area contributed by atoms with Gasteiger partial charge >= 0.3 is 0 Å². The molecule has 0 radical (unpaired) electrons. The summed E-state index contributed by atoms with van der Waals surface area (Å²) in [5, 5.41) is 0. The largest absolute Gasteiger partial charge is 0.398 e. The molecule has 0 atom stereocenters. The van der Waals surface area contributed by atoms with E-state index in [4.69, 9.17) is 15.2 Å². The van der Waals surface area contributed by atoms with Gasteiger partial charge in [0, 0.05) is 25.0 Å². The Labute approximate surface area is 113 Å². The predicted molar refractivity (Wildman–Crippen MR) is 74.2 cm³/mol. The number of carbonyl (C=O) groups is 1. The van der Waals surface area contributed by atoms with E-state index in [1.54, 1.807) is 12.0 Å². The number of anilines is 2. The average Bonchev–Trinajstić information content (AvgIpc) is 2.43. The first-order valence-electron chi connectivity index (χ1n) is 6.48. The minimum absolute atomic E-state index is 0.0253. The summed E-state index contributed by atoms with van der Waals surface area (Å²) >= 11 is 0. The second kappa shape index (κ2) is 6.54. The summed E-state index contributed by atoms with van der Waals surface area (Å²) in [4.78, 5) is 13.9. The van der Waals surface area contributed by atoms with Crippen LogP contribution in [0.4, 0.5) is 11.4 Å². The van der Waals surface area contributed by atoms with Crippen molar-refractivity contribution < 1.29 is 14.3 Å². The van der Waals surface area contributed by atoms with E-state index in [1.807, 2.05) is 18.2 Å². The van der Waals surface area contributed by atoms with Gasteiger partial charge in [-0.2, -0.15) is 0 Å². The number of amides is 1. The Morgan fingerprint density at radius 3 is 3.05 bits per heavy atom. The molecule has 1 aliphatic rings. The Morgan fingerprint density at radius 2 is 2.26 bits per heavy atom. The summed E-state index contributed by atoms with van der Waals surface area (Å²) in [7, 11) is 1.61. The van der Waals surface area contributed by atoms with Crippen LogP contribution in [0.25, 0.3) is 0 Å². The first-order chi connectivity index (χ1) is 9.24. The Morgan fingerprint density at radius 1 is 1.42 bits per heavy atom. The van der Waals surface area contributed by atoms with Crippen molar-refractivity contribution in [3.63, 3.8) is 0 Å². The van der Waals surface area contributed by atoms with Crippen LogP contribution in [0.15, 0.2) is 18.2 Å². The summed E-state index contributed by atoms with van der Waals surface area (Å²) < 4.78 is 10.2. The Balaban J connectivity index is 2.02. The second-order valence-electron chi connectivity index (χ2n) is 4.54. The van der Waals surface area contributed by atoms with Crippen molar-refractivity contribution in [2.75, 3.05) is 44.1 Å². The molecule has 1 amide bonds. The summed E-state index contributed by atoms with van der Waals surface area (Å²) in [5.74, 6) is -0.0253. The molecule has 2 rings (SSSR count). The van der Waals surface area contributed by atoms with Gasteiger partial charge in [-0.25, -0.2) is 0 Å². The fraction of sp³-hybridized carbons (Fsp3) is 0.500. The summed E-state index contributed by atoms with van der Waals surface area (Å²) in [6.07, 6.45) is 1.86. The predicted octanol–water partition coefficient (Wildman–Crippen LogP) is 1.21. The number of nitrogens with two attached hydrogens (primary N) is 1. The lowest BCUT2D eigenvalue weighted by atomic mass is 10.00. The van der Waals surface area contributed by atoms with Crippen LogP contribution in [0.5, 0.6) is 0 Å². The van der Waals surface area contributed by atoms with Crippen molar-refractivity contribution in [3.8, 4) is 0 Å². The number of benzene rings is 1. The van der Waals surface area contributed by atoms with Crippen LogP contribution in [0.1, 0.15) is 12.0 Å². The average molecular weight is 264 g/mol. The topological polar surface area (TPSA) is 64.8 Å². The second-order valence-corrected chi connectivity index (χ2v) is 4.54. The van der Waals surface area contributed by atoms with Gasteiger partial charge in [0.05, 0.1) is 13.2 Å². The fourth-order valence-corrected chi connectivity index (χ4v) is 2.29. The molecule has 19 heavy (non-hydrogen) atoms. The third-order valence-corrected chi connectivity index (χ3v) is 3.25. The van der Waals surface area contributed by atoms with Gasteiger partial charge in [-0.05, 0) is 30.5 Å². The first-order valence-corrected chi connectivity index (χ1v) is 6.48. The van der Waals surface area contributed by atoms with Crippen molar-refractivity contribution in [1.82, 2.24) is 0 Å². The Bertz CT molecular complexity index is 448. The van der Waals surface area contributed by atoms with Crippen LogP contribution >= 0.6 is 0 Å². The van der Waals surface area contributed by atoms with E-state index in [-0.39, 0.29) is 12.5 Å². The SMILES string of the molecule is COCCOCC(=O)N1CCCc2c(N)cccc21. The molecule has 0 bridgehead atoms. The van der Waals surface area contributed by atoms with E-state index < -0.39 is 0 Å². The van der Waals surface area contributed by atoms with Crippen LogP contribution in [-0.4, -0.2) is 39.4 Å². The molecular formula is C14H20N2O3. The standard InChI is InChI=1S/C14H20N2O3/c1-18-8-9-19-10-14(17)16-7-3-4-11-12(15)5-2-6-13(11)16/h2,5-6H,3-4,7-10,15H2,1H3. The smallest absolute Gasteiger partial charge is 0.252 e. The Kier molecular flexibility index (Phi) is 4.76. The highest BCUT2D eigenvalue weighted by Gasteiger charge is 2.23. The maximum absolute atomic E-state index is 12.2. The monoisotopic (exact) mass is 264 g/mol. The molecular weight excluding hydrogens is 244 g/mol. The van der Waals surface area contributed by atoms with Gasteiger partial charge in [0.2, 0.25) is 0 Å². The molecule has 0 spiro atoms. The molecule has 0 unspecified atom stereocenters. The number of ether oxygens (including phenoxy) is 2. The van der Waals surface area contributed by atoms with E-state index in [2.05, 4.69) is 0 Å². The lowest BCUT2D eigenvalue weighted by Gasteiger charge is -2.30. The van der Waals surface area contributed by atoms with Gasteiger partial charge in [-0.15, -0.1) is 0 Å². The third kappa shape index (κ3) is 3.24. The van der Waals surface area contributed by atoms with Crippen molar-refractivity contribution in [2.24, 2.45) is 0 Å². The van der Waals surface area contributed by atoms with Crippen molar-refractivity contribution in [2.45, 2.75) is 12.8 Å². The molecule has 0 saturated heterocycles. The highest BCUT2D eigenvalue weighted by Crippen LogP contribution is 2.31. The number of carbonyl (C=O) groups excluding carboxylic acids is 1. The molecule has 0 fully saturated rings. The van der Waals surface area contributed by atoms with Gasteiger partial charge < -0.3 is 20.1 Å². The zero-order valence-electron chi connectivity index (χ0n) is 11.2. The Hall–Kier alpha value is -1.59. The number of methoxy groups -OCH3 is 1. The van der Waals surface area contributed by atoms with E-state index in [9.17, 15) is 4.79 Å². The van der Waals surface area contributed by atoms with E-state index in [0.717, 1.165) is 36.3 Å². The molecule has 0 aromatic heterocycles. The number of nitrogen functional groups attached to an aromatic ring is 1. The van der Waals surface area contributed by atoms with Gasteiger partial charge in [-0.3, -0.25) is 4.79 Å². The van der Waals surface area contributed by atoms with Crippen LogP contribution < -0.4 is 10.6 Å². The van der Waals surface area contributed by atoms with E-state index in [1.165, 1.54) is 0 Å². The quantitative estimate of drug-likeness (QED) is 0.641. The number of rotatable bonds is 5. The van der Waals surface area contributed by atoms with E-state index in [0.29, 0.717) is 13.2 Å². The van der Waals surface area contributed by atoms with Crippen LogP contribution in [0.3, 0.4) is 0 Å². The number of fused-ring (bicyclic) bond motifs is 1. The maximum atomic E-state index is 12.2. The molecule has 1 aliphatic heterocycles. The molecule has 1 aromatic carbocycles. The van der Waals surface area contributed by atoms with Crippen molar-refractivity contribution >= 4 is 17.3 Å². The van der Waals surface area contributed by atoms with Crippen LogP contribution in [-0.2, 0) is 20.7 Å². The van der Waals surface area contributed by atoms with Gasteiger partial charge in [0.1, 0.15) is 6.61 Å². The summed E-state index contributed by atoms with van der Waals surface area (Å²) in [5.41, 5.74) is 8.71. The van der Waals surface area contributed by atoms with Gasteiger partial charge in [0.25, 0.3) is 5.91 Å². The molecule has 1 aromatic rings. The lowest BCUT2D eigenvalue weighted by Crippen LogP contribution is -2.38. The number of nitrogens with zero attached hydrogens (tertiary/aromatic N) is 1.